The van der Waals surface area contributed by atoms with Crippen molar-refractivity contribution in [3.05, 3.63) is 69.7 Å². The van der Waals surface area contributed by atoms with Crippen LogP contribution in [0.2, 0.25) is 10.0 Å². The van der Waals surface area contributed by atoms with Gasteiger partial charge in [-0.1, -0.05) is 65.7 Å². The summed E-state index contributed by atoms with van der Waals surface area (Å²) in [6.07, 6.45) is -0.309. The number of carbonyl (C=O) groups excluding carboxylic acids is 2. The van der Waals surface area contributed by atoms with Gasteiger partial charge in [-0.15, -0.1) is 0 Å². The van der Waals surface area contributed by atoms with Crippen molar-refractivity contribution in [3.8, 4) is 0 Å². The number of ether oxygens (including phenoxy) is 1. The van der Waals surface area contributed by atoms with E-state index in [2.05, 4.69) is 10.1 Å². The van der Waals surface area contributed by atoms with E-state index in [1.807, 2.05) is 30.3 Å². The van der Waals surface area contributed by atoms with Crippen LogP contribution < -0.4 is 5.32 Å². The quantitative estimate of drug-likeness (QED) is 0.807. The largest absolute Gasteiger partial charge is 0.453 e. The Balaban J connectivity index is 2.15. The third-order valence-electron chi connectivity index (χ3n) is 3.87. The van der Waals surface area contributed by atoms with Gasteiger partial charge in [0.2, 0.25) is 5.91 Å². The molecule has 0 saturated carbocycles. The molecule has 1 unspecified atom stereocenters. The Bertz CT molecular complexity index is 769. The van der Waals surface area contributed by atoms with Gasteiger partial charge in [-0.3, -0.25) is 4.79 Å². The molecule has 2 aromatic rings. The second-order valence-electron chi connectivity index (χ2n) is 5.79. The van der Waals surface area contributed by atoms with E-state index >= 15 is 0 Å². The maximum atomic E-state index is 12.9. The number of carbonyl (C=O) groups is 2. The monoisotopic (exact) mass is 394 g/mol. The van der Waals surface area contributed by atoms with E-state index in [4.69, 9.17) is 23.2 Å². The average molecular weight is 395 g/mol. The summed E-state index contributed by atoms with van der Waals surface area (Å²) in [4.78, 5) is 26.0. The van der Waals surface area contributed by atoms with Crippen LogP contribution in [-0.4, -0.2) is 37.1 Å². The number of rotatable bonds is 6. The van der Waals surface area contributed by atoms with E-state index < -0.39 is 12.1 Å². The van der Waals surface area contributed by atoms with Gasteiger partial charge in [0.05, 0.1) is 17.2 Å². The Hall–Kier alpha value is -2.24. The first-order valence-electron chi connectivity index (χ1n) is 7.98. The van der Waals surface area contributed by atoms with Gasteiger partial charge >= 0.3 is 6.09 Å². The highest BCUT2D eigenvalue weighted by atomic mass is 35.5. The molecule has 2 amide bonds. The number of alkyl carbamates (subject to hydrolysis) is 1. The van der Waals surface area contributed by atoms with Crippen molar-refractivity contribution in [1.29, 1.82) is 0 Å². The zero-order chi connectivity index (χ0) is 19.1. The molecule has 0 aliphatic heterocycles. The van der Waals surface area contributed by atoms with Crippen LogP contribution in [0.1, 0.15) is 11.1 Å². The van der Waals surface area contributed by atoms with E-state index in [9.17, 15) is 9.59 Å². The van der Waals surface area contributed by atoms with Crippen molar-refractivity contribution in [2.24, 2.45) is 0 Å². The van der Waals surface area contributed by atoms with Crippen molar-refractivity contribution in [3.63, 3.8) is 0 Å². The van der Waals surface area contributed by atoms with Gasteiger partial charge in [0.25, 0.3) is 0 Å². The van der Waals surface area contributed by atoms with Gasteiger partial charge in [-0.25, -0.2) is 4.79 Å². The Morgan fingerprint density at radius 2 is 1.81 bits per heavy atom. The topological polar surface area (TPSA) is 58.6 Å². The predicted molar refractivity (Wildman–Crippen MR) is 102 cm³/mol. The molecular formula is C19H20Cl2N2O3. The van der Waals surface area contributed by atoms with E-state index in [0.717, 1.165) is 11.1 Å². The molecule has 7 heteroatoms. The Morgan fingerprint density at radius 3 is 2.46 bits per heavy atom. The zero-order valence-electron chi connectivity index (χ0n) is 14.5. The molecule has 0 fully saturated rings. The number of nitrogens with zero attached hydrogens (tertiary/aromatic N) is 1. The fourth-order valence-corrected chi connectivity index (χ4v) is 2.90. The third kappa shape index (κ3) is 5.38. The van der Waals surface area contributed by atoms with E-state index in [-0.39, 0.29) is 12.5 Å². The smallest absolute Gasteiger partial charge is 0.407 e. The minimum Gasteiger partial charge on any atom is -0.453 e. The fraction of sp³-hybridized carbons (Fsp3) is 0.263. The van der Waals surface area contributed by atoms with Crippen LogP contribution in [0, 0.1) is 0 Å². The highest BCUT2D eigenvalue weighted by Gasteiger charge is 2.25. The molecule has 138 valence electrons. The summed E-state index contributed by atoms with van der Waals surface area (Å²) in [6, 6.07) is 13.9. The lowest BCUT2D eigenvalue weighted by Gasteiger charge is -2.25. The first-order valence-corrected chi connectivity index (χ1v) is 8.74. The number of hydrogen-bond acceptors (Lipinski definition) is 3. The highest BCUT2D eigenvalue weighted by molar-refractivity contribution is 6.42. The third-order valence-corrected chi connectivity index (χ3v) is 4.73. The molecule has 26 heavy (non-hydrogen) atoms. The van der Waals surface area contributed by atoms with Crippen molar-refractivity contribution >= 4 is 35.2 Å². The van der Waals surface area contributed by atoms with Crippen molar-refractivity contribution in [2.75, 3.05) is 14.2 Å². The molecule has 0 aromatic heterocycles. The van der Waals surface area contributed by atoms with Gasteiger partial charge < -0.3 is 15.0 Å². The first kappa shape index (κ1) is 20.1. The van der Waals surface area contributed by atoms with E-state index in [0.29, 0.717) is 16.5 Å². The molecule has 0 aliphatic carbocycles. The second-order valence-corrected chi connectivity index (χ2v) is 6.57. The van der Waals surface area contributed by atoms with Crippen molar-refractivity contribution < 1.29 is 14.3 Å². The molecule has 1 atom stereocenters. The molecule has 0 radical (unpaired) electrons. The van der Waals surface area contributed by atoms with Crippen LogP contribution in [0.3, 0.4) is 0 Å². The summed E-state index contributed by atoms with van der Waals surface area (Å²) >= 11 is 12.2. The maximum absolute atomic E-state index is 12.9. The molecule has 5 nitrogen and oxygen atoms in total. The predicted octanol–water partition coefficient (Wildman–Crippen LogP) is 3.92. The first-order chi connectivity index (χ1) is 12.4. The molecule has 0 bridgehead atoms. The van der Waals surface area contributed by atoms with Gasteiger partial charge in [-0.2, -0.15) is 0 Å². The van der Waals surface area contributed by atoms with Crippen LogP contribution in [0.15, 0.2) is 48.5 Å². The molecule has 2 aromatic carbocycles. The molecular weight excluding hydrogens is 375 g/mol. The average Bonchev–Trinajstić information content (AvgIpc) is 2.65. The minimum atomic E-state index is -0.757. The number of hydrogen-bond donors (Lipinski definition) is 1. The van der Waals surface area contributed by atoms with Crippen LogP contribution in [0.5, 0.6) is 0 Å². The molecule has 0 heterocycles. The Kier molecular flexibility index (Phi) is 7.30. The number of amides is 2. The highest BCUT2D eigenvalue weighted by Crippen LogP contribution is 2.26. The van der Waals surface area contributed by atoms with Crippen LogP contribution in [0.4, 0.5) is 4.79 Å². The summed E-state index contributed by atoms with van der Waals surface area (Å²) < 4.78 is 4.64. The van der Waals surface area contributed by atoms with Gasteiger partial charge in [0, 0.05) is 20.0 Å². The molecule has 0 spiro atoms. The van der Waals surface area contributed by atoms with E-state index in [1.54, 1.807) is 25.2 Å². The lowest BCUT2D eigenvalue weighted by atomic mass is 10.0. The number of benzene rings is 2. The Morgan fingerprint density at radius 1 is 1.12 bits per heavy atom. The molecule has 0 aliphatic rings. The number of likely N-dealkylation sites (N-methyl/N-ethyl adjacent to an activating group) is 1. The van der Waals surface area contributed by atoms with Gasteiger partial charge in [-0.05, 0) is 17.2 Å². The molecule has 2 rings (SSSR count). The maximum Gasteiger partial charge on any atom is 0.407 e. The van der Waals surface area contributed by atoms with Crippen molar-refractivity contribution in [2.45, 2.75) is 19.0 Å². The summed E-state index contributed by atoms with van der Waals surface area (Å²) in [5.74, 6) is -0.254. The van der Waals surface area contributed by atoms with Crippen LogP contribution in [0.25, 0.3) is 0 Å². The fourth-order valence-electron chi connectivity index (χ4n) is 2.52. The summed E-state index contributed by atoms with van der Waals surface area (Å²) in [7, 11) is 2.91. The van der Waals surface area contributed by atoms with Crippen LogP contribution >= 0.6 is 23.2 Å². The standard InChI is InChI=1S/C19H20Cl2N2O3/c1-23(12-14-9-6-10-15(20)17(14)21)18(24)16(22-19(25)26-2)11-13-7-4-3-5-8-13/h3-10,16H,11-12H2,1-2H3,(H,22,25). The number of nitrogens with one attached hydrogen (secondary N) is 1. The molecule has 0 saturated heterocycles. The summed E-state index contributed by atoms with van der Waals surface area (Å²) in [5.41, 5.74) is 1.66. The van der Waals surface area contributed by atoms with Gasteiger partial charge in [0.1, 0.15) is 6.04 Å². The SMILES string of the molecule is COC(=O)NC(Cc1ccccc1)C(=O)N(C)Cc1cccc(Cl)c1Cl. The Labute approximate surface area is 162 Å². The summed E-state index contributed by atoms with van der Waals surface area (Å²) in [6.45, 7) is 0.270. The number of halogens is 2. The van der Waals surface area contributed by atoms with Crippen molar-refractivity contribution in [1.82, 2.24) is 10.2 Å². The number of methoxy groups -OCH3 is 1. The van der Waals surface area contributed by atoms with E-state index in [1.165, 1.54) is 12.0 Å². The van der Waals surface area contributed by atoms with Crippen LogP contribution in [-0.2, 0) is 22.5 Å². The zero-order valence-corrected chi connectivity index (χ0v) is 16.1. The lowest BCUT2D eigenvalue weighted by molar-refractivity contribution is -0.132. The minimum absolute atomic E-state index is 0.254. The normalized spacial score (nSPS) is 11.5. The lowest BCUT2D eigenvalue weighted by Crippen LogP contribution is -2.48. The second kappa shape index (κ2) is 9.46. The van der Waals surface area contributed by atoms with Gasteiger partial charge in [0.15, 0.2) is 0 Å². The molecule has 1 N–H and O–H groups in total. The summed E-state index contributed by atoms with van der Waals surface area (Å²) in [5, 5.41) is 3.44.